The smallest absolute Gasteiger partial charge is 0.284 e. The van der Waals surface area contributed by atoms with Crippen LogP contribution in [-0.4, -0.2) is 21.7 Å². The lowest BCUT2D eigenvalue weighted by Gasteiger charge is -2.18. The van der Waals surface area contributed by atoms with E-state index in [1.807, 2.05) is 6.92 Å². The number of alkyl halides is 3. The normalized spacial score (nSPS) is 12.5. The molecular formula is C16H17F3N2O. The molecule has 0 N–H and O–H groups in total. The Bertz CT molecular complexity index is 692. The zero-order chi connectivity index (χ0) is 16.7. The highest BCUT2D eigenvalue weighted by molar-refractivity contribution is 6.04. The molecule has 0 radical (unpaired) electrons. The molecule has 2 rings (SSSR count). The molecule has 0 spiro atoms. The zero-order valence-electron chi connectivity index (χ0n) is 12.8. The minimum Gasteiger partial charge on any atom is -0.284 e. The number of hydrogen-bond donors (Lipinski definition) is 0. The molecule has 3 nitrogen and oxygen atoms in total. The highest BCUT2D eigenvalue weighted by Gasteiger charge is 2.42. The van der Waals surface area contributed by atoms with Gasteiger partial charge in [-0.3, -0.25) is 9.48 Å². The summed E-state index contributed by atoms with van der Waals surface area (Å²) < 4.78 is 39.8. The Kier molecular flexibility index (Phi) is 3.89. The fraction of sp³-hybridized carbons (Fsp3) is 0.375. The first kappa shape index (κ1) is 16.3. The number of halogens is 3. The SMILES string of the molecule is Cc1ccc(-c2nn(C(C)(C)C)cc2C(=O)C(F)(F)F)cc1. The van der Waals surface area contributed by atoms with Gasteiger partial charge in [0.05, 0.1) is 11.1 Å². The van der Waals surface area contributed by atoms with Crippen LogP contribution in [0.4, 0.5) is 13.2 Å². The van der Waals surface area contributed by atoms with Crippen LogP contribution in [0.15, 0.2) is 30.5 Å². The van der Waals surface area contributed by atoms with Gasteiger partial charge in [0.2, 0.25) is 0 Å². The Labute approximate surface area is 126 Å². The topological polar surface area (TPSA) is 34.9 Å². The monoisotopic (exact) mass is 310 g/mol. The van der Waals surface area contributed by atoms with Gasteiger partial charge in [-0.2, -0.15) is 18.3 Å². The number of carbonyl (C=O) groups excluding carboxylic acids is 1. The van der Waals surface area contributed by atoms with Gasteiger partial charge in [-0.1, -0.05) is 29.8 Å². The number of nitrogens with zero attached hydrogens (tertiary/aromatic N) is 2. The van der Waals surface area contributed by atoms with Gasteiger partial charge in [-0.25, -0.2) is 0 Å². The van der Waals surface area contributed by atoms with Gasteiger partial charge >= 0.3 is 6.18 Å². The number of aryl methyl sites for hydroxylation is 1. The summed E-state index contributed by atoms with van der Waals surface area (Å²) in [4.78, 5) is 11.7. The van der Waals surface area contributed by atoms with Crippen molar-refractivity contribution in [1.82, 2.24) is 9.78 Å². The Morgan fingerprint density at radius 2 is 1.64 bits per heavy atom. The predicted molar refractivity (Wildman–Crippen MR) is 77.8 cm³/mol. The number of aromatic nitrogens is 2. The highest BCUT2D eigenvalue weighted by atomic mass is 19.4. The van der Waals surface area contributed by atoms with Crippen LogP contribution in [-0.2, 0) is 5.54 Å². The Morgan fingerprint density at radius 3 is 2.09 bits per heavy atom. The fourth-order valence-corrected chi connectivity index (χ4v) is 1.96. The summed E-state index contributed by atoms with van der Waals surface area (Å²) in [5.41, 5.74) is 0.566. The van der Waals surface area contributed by atoms with Crippen LogP contribution in [0.5, 0.6) is 0 Å². The second-order valence-electron chi connectivity index (χ2n) is 6.20. The van der Waals surface area contributed by atoms with Crippen LogP contribution in [0.2, 0.25) is 0 Å². The summed E-state index contributed by atoms with van der Waals surface area (Å²) in [6.07, 6.45) is -3.75. The van der Waals surface area contributed by atoms with Crippen LogP contribution >= 0.6 is 0 Å². The largest absolute Gasteiger partial charge is 0.455 e. The van der Waals surface area contributed by atoms with Crippen molar-refractivity contribution in [1.29, 1.82) is 0 Å². The molecule has 1 heterocycles. The maximum Gasteiger partial charge on any atom is 0.455 e. The Morgan fingerprint density at radius 1 is 1.09 bits per heavy atom. The van der Waals surface area contributed by atoms with Crippen LogP contribution in [0.1, 0.15) is 36.7 Å². The van der Waals surface area contributed by atoms with Crippen LogP contribution < -0.4 is 0 Å². The number of hydrogen-bond acceptors (Lipinski definition) is 2. The highest BCUT2D eigenvalue weighted by Crippen LogP contribution is 2.30. The predicted octanol–water partition coefficient (Wildman–Crippen LogP) is 4.36. The summed E-state index contributed by atoms with van der Waals surface area (Å²) in [6.45, 7) is 7.29. The maximum absolute atomic E-state index is 12.8. The summed E-state index contributed by atoms with van der Waals surface area (Å²) in [5, 5.41) is 4.21. The lowest BCUT2D eigenvalue weighted by Crippen LogP contribution is -2.24. The average molecular weight is 310 g/mol. The first-order valence-electron chi connectivity index (χ1n) is 6.79. The summed E-state index contributed by atoms with van der Waals surface area (Å²) in [5.74, 6) is -1.88. The molecule has 0 saturated heterocycles. The molecule has 0 saturated carbocycles. The molecule has 1 aromatic heterocycles. The van der Waals surface area contributed by atoms with Crippen LogP contribution in [0.3, 0.4) is 0 Å². The third-order valence-electron chi connectivity index (χ3n) is 3.23. The van der Waals surface area contributed by atoms with Gasteiger partial charge in [-0.15, -0.1) is 0 Å². The standard InChI is InChI=1S/C16H17F3N2O/c1-10-5-7-11(8-6-10)13-12(14(22)16(17,18)19)9-21(20-13)15(2,3)4/h5-9H,1-4H3. The van der Waals surface area contributed by atoms with Crippen molar-refractivity contribution < 1.29 is 18.0 Å². The van der Waals surface area contributed by atoms with E-state index in [0.717, 1.165) is 5.56 Å². The maximum atomic E-state index is 12.8. The molecule has 0 unspecified atom stereocenters. The van der Waals surface area contributed by atoms with Gasteiger partial charge in [0.15, 0.2) is 0 Å². The molecule has 2 aromatic rings. The van der Waals surface area contributed by atoms with E-state index in [1.54, 1.807) is 45.0 Å². The lowest BCUT2D eigenvalue weighted by atomic mass is 10.0. The molecule has 0 aliphatic carbocycles. The second kappa shape index (κ2) is 5.26. The summed E-state index contributed by atoms with van der Waals surface area (Å²) in [7, 11) is 0. The van der Waals surface area contributed by atoms with E-state index in [-0.39, 0.29) is 5.69 Å². The second-order valence-corrected chi connectivity index (χ2v) is 6.20. The van der Waals surface area contributed by atoms with Gasteiger partial charge in [0, 0.05) is 11.8 Å². The zero-order valence-corrected chi connectivity index (χ0v) is 12.8. The van der Waals surface area contributed by atoms with E-state index in [1.165, 1.54) is 10.9 Å². The van der Waals surface area contributed by atoms with E-state index in [0.29, 0.717) is 5.56 Å². The molecule has 0 aliphatic heterocycles. The molecule has 0 amide bonds. The Hall–Kier alpha value is -2.11. The van der Waals surface area contributed by atoms with Crippen molar-refractivity contribution in [2.24, 2.45) is 0 Å². The van der Waals surface area contributed by atoms with Crippen molar-refractivity contribution in [2.75, 3.05) is 0 Å². The Balaban J connectivity index is 2.63. The quantitative estimate of drug-likeness (QED) is 0.773. The van der Waals surface area contributed by atoms with Gasteiger partial charge in [0.1, 0.15) is 5.69 Å². The minimum atomic E-state index is -4.93. The van der Waals surface area contributed by atoms with Crippen LogP contribution in [0, 0.1) is 6.92 Å². The van der Waals surface area contributed by atoms with E-state index in [2.05, 4.69) is 5.10 Å². The third kappa shape index (κ3) is 3.21. The molecule has 0 bridgehead atoms. The van der Waals surface area contributed by atoms with Crippen LogP contribution in [0.25, 0.3) is 11.3 Å². The van der Waals surface area contributed by atoms with Crippen molar-refractivity contribution in [3.8, 4) is 11.3 Å². The minimum absolute atomic E-state index is 0.0530. The molecule has 22 heavy (non-hydrogen) atoms. The summed E-state index contributed by atoms with van der Waals surface area (Å²) in [6, 6.07) is 6.87. The molecule has 1 aromatic carbocycles. The van der Waals surface area contributed by atoms with Crippen molar-refractivity contribution in [3.63, 3.8) is 0 Å². The first-order chi connectivity index (χ1) is 10.00. The van der Waals surface area contributed by atoms with E-state index >= 15 is 0 Å². The lowest BCUT2D eigenvalue weighted by molar-refractivity contribution is -0.0884. The molecule has 0 fully saturated rings. The fourth-order valence-electron chi connectivity index (χ4n) is 1.96. The van der Waals surface area contributed by atoms with E-state index in [9.17, 15) is 18.0 Å². The van der Waals surface area contributed by atoms with Crippen molar-refractivity contribution in [2.45, 2.75) is 39.4 Å². The third-order valence-corrected chi connectivity index (χ3v) is 3.23. The molecule has 0 aliphatic rings. The van der Waals surface area contributed by atoms with Crippen molar-refractivity contribution in [3.05, 3.63) is 41.6 Å². The van der Waals surface area contributed by atoms with Gasteiger partial charge < -0.3 is 0 Å². The number of rotatable bonds is 2. The van der Waals surface area contributed by atoms with Gasteiger partial charge in [-0.05, 0) is 27.7 Å². The van der Waals surface area contributed by atoms with E-state index in [4.69, 9.17) is 0 Å². The molecular weight excluding hydrogens is 293 g/mol. The average Bonchev–Trinajstić information content (AvgIpc) is 2.82. The number of ketones is 1. The number of carbonyl (C=O) groups is 1. The number of Topliss-reactive ketones (excluding diaryl/α,β-unsaturated/α-hetero) is 1. The van der Waals surface area contributed by atoms with E-state index < -0.39 is 23.1 Å². The summed E-state index contributed by atoms with van der Waals surface area (Å²) >= 11 is 0. The van der Waals surface area contributed by atoms with Crippen molar-refractivity contribution >= 4 is 5.78 Å². The van der Waals surface area contributed by atoms with Gasteiger partial charge in [0.25, 0.3) is 5.78 Å². The molecule has 0 atom stereocenters. The number of benzene rings is 1. The first-order valence-corrected chi connectivity index (χ1v) is 6.79. The molecule has 6 heteroatoms. The molecule has 118 valence electrons.